The van der Waals surface area contributed by atoms with Gasteiger partial charge in [0.25, 0.3) is 0 Å². The summed E-state index contributed by atoms with van der Waals surface area (Å²) in [5.74, 6) is 2.69. The van der Waals surface area contributed by atoms with Crippen LogP contribution in [-0.4, -0.2) is 14.2 Å². The van der Waals surface area contributed by atoms with Gasteiger partial charge in [0.1, 0.15) is 11.5 Å². The minimum Gasteiger partial charge on any atom is -0.496 e. The van der Waals surface area contributed by atoms with Gasteiger partial charge >= 0.3 is 0 Å². The first kappa shape index (κ1) is 15.8. The summed E-state index contributed by atoms with van der Waals surface area (Å²) in [4.78, 5) is 0. The van der Waals surface area contributed by atoms with E-state index in [1.54, 1.807) is 14.2 Å². The van der Waals surface area contributed by atoms with Crippen LogP contribution in [0.15, 0.2) is 12.1 Å². The Morgan fingerprint density at radius 2 is 1.42 bits per heavy atom. The van der Waals surface area contributed by atoms with Crippen molar-refractivity contribution in [3.63, 3.8) is 0 Å². The zero-order valence-electron chi connectivity index (χ0n) is 13.0. The molecule has 3 heteroatoms. The SMILES string of the molecule is COc1cc(C(N)CC(C)C)c(OC)cc1C(C)C. The van der Waals surface area contributed by atoms with E-state index < -0.39 is 0 Å². The van der Waals surface area contributed by atoms with Gasteiger partial charge in [0, 0.05) is 17.2 Å². The Morgan fingerprint density at radius 1 is 0.947 bits per heavy atom. The second-order valence-corrected chi connectivity index (χ2v) is 5.73. The minimum absolute atomic E-state index is 0.0231. The molecule has 108 valence electrons. The number of methoxy groups -OCH3 is 2. The molecule has 0 fully saturated rings. The maximum absolute atomic E-state index is 6.29. The Labute approximate surface area is 117 Å². The van der Waals surface area contributed by atoms with Gasteiger partial charge in [-0.1, -0.05) is 27.7 Å². The molecule has 1 unspecified atom stereocenters. The molecule has 0 radical (unpaired) electrons. The highest BCUT2D eigenvalue weighted by Crippen LogP contribution is 2.37. The monoisotopic (exact) mass is 265 g/mol. The molecule has 0 aromatic heterocycles. The highest BCUT2D eigenvalue weighted by molar-refractivity contribution is 5.49. The summed E-state index contributed by atoms with van der Waals surface area (Å²) in [6.45, 7) is 8.63. The molecule has 2 N–H and O–H groups in total. The van der Waals surface area contributed by atoms with Gasteiger partial charge in [-0.05, 0) is 30.4 Å². The fraction of sp³-hybridized carbons (Fsp3) is 0.625. The third kappa shape index (κ3) is 3.87. The number of hydrogen-bond acceptors (Lipinski definition) is 3. The molecule has 0 aliphatic heterocycles. The van der Waals surface area contributed by atoms with Crippen LogP contribution in [0.5, 0.6) is 11.5 Å². The molecule has 1 aromatic rings. The van der Waals surface area contributed by atoms with Gasteiger partial charge < -0.3 is 15.2 Å². The van der Waals surface area contributed by atoms with Crippen molar-refractivity contribution in [2.45, 2.75) is 46.1 Å². The van der Waals surface area contributed by atoms with Gasteiger partial charge in [-0.25, -0.2) is 0 Å². The molecule has 3 nitrogen and oxygen atoms in total. The van der Waals surface area contributed by atoms with Crippen molar-refractivity contribution < 1.29 is 9.47 Å². The first-order chi connectivity index (χ1) is 8.90. The van der Waals surface area contributed by atoms with Gasteiger partial charge in [-0.2, -0.15) is 0 Å². The second kappa shape index (κ2) is 6.80. The van der Waals surface area contributed by atoms with Gasteiger partial charge in [0.05, 0.1) is 14.2 Å². The van der Waals surface area contributed by atoms with Crippen LogP contribution in [-0.2, 0) is 0 Å². The summed E-state index contributed by atoms with van der Waals surface area (Å²) < 4.78 is 11.0. The maximum atomic E-state index is 6.29. The number of ether oxygens (including phenoxy) is 2. The summed E-state index contributed by atoms with van der Waals surface area (Å²) >= 11 is 0. The van der Waals surface area contributed by atoms with Crippen molar-refractivity contribution in [2.75, 3.05) is 14.2 Å². The predicted octanol–water partition coefficient (Wildman–Crippen LogP) is 3.87. The van der Waals surface area contributed by atoms with E-state index in [1.807, 2.05) is 6.07 Å². The van der Waals surface area contributed by atoms with Crippen LogP contribution >= 0.6 is 0 Å². The number of benzene rings is 1. The molecule has 0 spiro atoms. The van der Waals surface area contributed by atoms with Crippen LogP contribution in [0.25, 0.3) is 0 Å². The summed E-state index contributed by atoms with van der Waals surface area (Å²) in [5.41, 5.74) is 8.46. The molecule has 0 bridgehead atoms. The van der Waals surface area contributed by atoms with Gasteiger partial charge in [-0.15, -0.1) is 0 Å². The Kier molecular flexibility index (Phi) is 5.67. The highest BCUT2D eigenvalue weighted by atomic mass is 16.5. The lowest BCUT2D eigenvalue weighted by Crippen LogP contribution is -2.14. The lowest BCUT2D eigenvalue weighted by atomic mass is 9.93. The third-order valence-electron chi connectivity index (χ3n) is 3.33. The summed E-state index contributed by atoms with van der Waals surface area (Å²) in [5, 5.41) is 0. The van der Waals surface area contributed by atoms with Crippen molar-refractivity contribution in [1.29, 1.82) is 0 Å². The fourth-order valence-corrected chi connectivity index (χ4v) is 2.32. The highest BCUT2D eigenvalue weighted by Gasteiger charge is 2.18. The standard InChI is InChI=1S/C16H27NO2/c1-10(2)7-14(17)13-9-15(18-5)12(11(3)4)8-16(13)19-6/h8-11,14H,7,17H2,1-6H3. The van der Waals surface area contributed by atoms with Gasteiger partial charge in [-0.3, -0.25) is 0 Å². The maximum Gasteiger partial charge on any atom is 0.124 e. The average molecular weight is 265 g/mol. The van der Waals surface area contributed by atoms with Crippen LogP contribution in [0.2, 0.25) is 0 Å². The number of hydrogen-bond donors (Lipinski definition) is 1. The molecular weight excluding hydrogens is 238 g/mol. The van der Waals surface area contributed by atoms with E-state index in [1.165, 1.54) is 0 Å². The van der Waals surface area contributed by atoms with E-state index in [0.29, 0.717) is 11.8 Å². The molecular formula is C16H27NO2. The molecule has 0 heterocycles. The molecule has 0 aliphatic carbocycles. The van der Waals surface area contributed by atoms with Crippen LogP contribution in [0.4, 0.5) is 0 Å². The van der Waals surface area contributed by atoms with Crippen LogP contribution in [0.3, 0.4) is 0 Å². The van der Waals surface area contributed by atoms with Crippen LogP contribution in [0.1, 0.15) is 57.2 Å². The smallest absolute Gasteiger partial charge is 0.124 e. The second-order valence-electron chi connectivity index (χ2n) is 5.73. The lowest BCUT2D eigenvalue weighted by Gasteiger charge is -2.21. The summed E-state index contributed by atoms with van der Waals surface area (Å²) in [6.07, 6.45) is 0.931. The van der Waals surface area contributed by atoms with Crippen molar-refractivity contribution in [3.05, 3.63) is 23.3 Å². The Hall–Kier alpha value is -1.22. The zero-order chi connectivity index (χ0) is 14.6. The van der Waals surface area contributed by atoms with E-state index in [2.05, 4.69) is 33.8 Å². The van der Waals surface area contributed by atoms with E-state index >= 15 is 0 Å². The van der Waals surface area contributed by atoms with Crippen molar-refractivity contribution in [2.24, 2.45) is 11.7 Å². The van der Waals surface area contributed by atoms with Crippen LogP contribution < -0.4 is 15.2 Å². The normalized spacial score (nSPS) is 12.9. The minimum atomic E-state index is -0.0231. The molecule has 1 rings (SSSR count). The molecule has 0 saturated heterocycles. The predicted molar refractivity (Wildman–Crippen MR) is 80.0 cm³/mol. The molecule has 0 saturated carbocycles. The Bertz CT molecular complexity index is 413. The molecule has 0 amide bonds. The first-order valence-corrected chi connectivity index (χ1v) is 6.92. The van der Waals surface area contributed by atoms with Crippen molar-refractivity contribution >= 4 is 0 Å². The van der Waals surface area contributed by atoms with Crippen molar-refractivity contribution in [3.8, 4) is 11.5 Å². The topological polar surface area (TPSA) is 44.5 Å². The molecule has 0 aliphatic rings. The largest absolute Gasteiger partial charge is 0.496 e. The summed E-state index contributed by atoms with van der Waals surface area (Å²) in [6, 6.07) is 4.06. The molecule has 1 aromatic carbocycles. The van der Waals surface area contributed by atoms with Crippen molar-refractivity contribution in [1.82, 2.24) is 0 Å². The van der Waals surface area contributed by atoms with E-state index in [4.69, 9.17) is 15.2 Å². The van der Waals surface area contributed by atoms with E-state index in [-0.39, 0.29) is 6.04 Å². The molecule has 1 atom stereocenters. The average Bonchev–Trinajstić information content (AvgIpc) is 2.35. The van der Waals surface area contributed by atoms with Crippen LogP contribution in [0, 0.1) is 5.92 Å². The third-order valence-corrected chi connectivity index (χ3v) is 3.33. The fourth-order valence-electron chi connectivity index (χ4n) is 2.32. The van der Waals surface area contributed by atoms with E-state index in [9.17, 15) is 0 Å². The Morgan fingerprint density at radius 3 is 1.84 bits per heavy atom. The zero-order valence-corrected chi connectivity index (χ0v) is 13.0. The lowest BCUT2D eigenvalue weighted by molar-refractivity contribution is 0.385. The van der Waals surface area contributed by atoms with Gasteiger partial charge in [0.15, 0.2) is 0 Å². The quantitative estimate of drug-likeness (QED) is 0.849. The Balaban J connectivity index is 3.23. The number of nitrogens with two attached hydrogens (primary N) is 1. The number of rotatable bonds is 6. The van der Waals surface area contributed by atoms with E-state index in [0.717, 1.165) is 29.0 Å². The first-order valence-electron chi connectivity index (χ1n) is 6.92. The van der Waals surface area contributed by atoms with Gasteiger partial charge in [0.2, 0.25) is 0 Å². The molecule has 19 heavy (non-hydrogen) atoms. The summed E-state index contributed by atoms with van der Waals surface area (Å²) in [7, 11) is 3.39.